The molecular formula is C22H21F3N6O2S. The van der Waals surface area contributed by atoms with Crippen LogP contribution in [0.2, 0.25) is 0 Å². The molecule has 2 amide bonds. The molecule has 0 aliphatic heterocycles. The topological polar surface area (TPSA) is 93.4 Å². The van der Waals surface area contributed by atoms with Crippen LogP contribution in [0.3, 0.4) is 0 Å². The highest BCUT2D eigenvalue weighted by atomic mass is 32.1. The van der Waals surface area contributed by atoms with Gasteiger partial charge in [-0.2, -0.15) is 13.2 Å². The highest BCUT2D eigenvalue weighted by Gasteiger charge is 2.26. The van der Waals surface area contributed by atoms with E-state index < -0.39 is 25.2 Å². The van der Waals surface area contributed by atoms with Gasteiger partial charge in [0.25, 0.3) is 0 Å². The number of pyridine rings is 1. The third-order valence-corrected chi connectivity index (χ3v) is 5.39. The van der Waals surface area contributed by atoms with Crippen LogP contribution in [0.4, 0.5) is 23.7 Å². The van der Waals surface area contributed by atoms with E-state index >= 15 is 0 Å². The number of aromatic nitrogens is 4. The largest absolute Gasteiger partial charge is 0.491 e. The predicted octanol–water partition coefficient (Wildman–Crippen LogP) is 5.38. The smallest absolute Gasteiger partial charge is 0.390 e. The van der Waals surface area contributed by atoms with Crippen molar-refractivity contribution in [3.8, 4) is 27.6 Å². The number of nitrogens with one attached hydrogen (secondary N) is 2. The van der Waals surface area contributed by atoms with Crippen molar-refractivity contribution in [1.29, 1.82) is 0 Å². The molecule has 0 spiro atoms. The van der Waals surface area contributed by atoms with Crippen LogP contribution in [-0.4, -0.2) is 44.4 Å². The first-order chi connectivity index (χ1) is 16.2. The Bertz CT molecular complexity index is 1290. The fourth-order valence-corrected chi connectivity index (χ4v) is 3.83. The maximum absolute atomic E-state index is 12.3. The van der Waals surface area contributed by atoms with Crippen LogP contribution in [0.15, 0.2) is 48.2 Å². The fraction of sp³-hybridized carbons (Fsp3) is 0.273. The zero-order chi connectivity index (χ0) is 24.3. The van der Waals surface area contributed by atoms with Gasteiger partial charge in [0.05, 0.1) is 24.4 Å². The molecule has 0 bridgehead atoms. The highest BCUT2D eigenvalue weighted by molar-refractivity contribution is 7.12. The van der Waals surface area contributed by atoms with Crippen LogP contribution in [0.5, 0.6) is 5.75 Å². The second-order valence-corrected chi connectivity index (χ2v) is 8.52. The first-order valence-corrected chi connectivity index (χ1v) is 11.2. The summed E-state index contributed by atoms with van der Waals surface area (Å²) in [6.07, 6.45) is -2.02. The number of imidazole rings is 1. The molecule has 178 valence electrons. The number of fused-ring (bicyclic) bond motifs is 1. The van der Waals surface area contributed by atoms with Gasteiger partial charge in [-0.3, -0.25) is 4.40 Å². The number of carbonyl (C=O) groups is 1. The maximum atomic E-state index is 12.3. The lowest BCUT2D eigenvalue weighted by Gasteiger charge is -2.15. The van der Waals surface area contributed by atoms with Crippen molar-refractivity contribution < 1.29 is 22.7 Å². The lowest BCUT2D eigenvalue weighted by atomic mass is 10.1. The molecule has 0 radical (unpaired) electrons. The molecule has 2 N–H and O–H groups in total. The van der Waals surface area contributed by atoms with Gasteiger partial charge in [0.2, 0.25) is 0 Å². The zero-order valence-electron chi connectivity index (χ0n) is 18.3. The van der Waals surface area contributed by atoms with E-state index in [2.05, 4.69) is 25.8 Å². The number of carbonyl (C=O) groups excluding carboxylic acids is 1. The molecule has 3 heterocycles. The minimum absolute atomic E-state index is 0.125. The number of alkyl halides is 3. The van der Waals surface area contributed by atoms with Crippen LogP contribution < -0.4 is 15.4 Å². The fourth-order valence-electron chi connectivity index (χ4n) is 3.28. The average Bonchev–Trinajstić information content (AvgIpc) is 3.41. The first-order valence-electron chi connectivity index (χ1n) is 10.4. The van der Waals surface area contributed by atoms with E-state index in [1.54, 1.807) is 23.8 Å². The maximum Gasteiger partial charge on any atom is 0.390 e. The first kappa shape index (κ1) is 23.5. The van der Waals surface area contributed by atoms with E-state index in [0.717, 1.165) is 16.3 Å². The quantitative estimate of drug-likeness (QED) is 0.363. The Morgan fingerprint density at radius 3 is 2.74 bits per heavy atom. The number of hydrogen-bond acceptors (Lipinski definition) is 6. The summed E-state index contributed by atoms with van der Waals surface area (Å²) in [4.78, 5) is 16.6. The average molecular weight is 491 g/mol. The van der Waals surface area contributed by atoms with Gasteiger partial charge in [-0.1, -0.05) is 11.3 Å². The summed E-state index contributed by atoms with van der Waals surface area (Å²) in [6.45, 7) is 3.22. The molecular weight excluding hydrogens is 469 g/mol. The second-order valence-electron chi connectivity index (χ2n) is 7.69. The van der Waals surface area contributed by atoms with E-state index in [-0.39, 0.29) is 6.10 Å². The Balaban J connectivity index is 1.62. The molecule has 12 heteroatoms. The SMILES string of the molecule is CC(C)Oc1cc(NC(=O)NCCC(F)(F)F)cc(-c2cnc3cc(-c4nncs4)ccn23)c1. The lowest BCUT2D eigenvalue weighted by molar-refractivity contribution is -0.132. The summed E-state index contributed by atoms with van der Waals surface area (Å²) in [5.74, 6) is 0.499. The summed E-state index contributed by atoms with van der Waals surface area (Å²) < 4.78 is 44.7. The van der Waals surface area contributed by atoms with Crippen LogP contribution in [0.1, 0.15) is 20.3 Å². The van der Waals surface area contributed by atoms with Gasteiger partial charge in [-0.25, -0.2) is 9.78 Å². The number of rotatable bonds is 7. The molecule has 1 aromatic carbocycles. The molecule has 0 unspecified atom stereocenters. The third kappa shape index (κ3) is 5.81. The van der Waals surface area contributed by atoms with E-state index in [4.69, 9.17) is 4.74 Å². The number of amides is 2. The molecule has 0 saturated heterocycles. The Kier molecular flexibility index (Phi) is 6.68. The number of urea groups is 1. The Labute approximate surface area is 196 Å². The number of halogens is 3. The number of nitrogens with zero attached hydrogens (tertiary/aromatic N) is 4. The van der Waals surface area contributed by atoms with Gasteiger partial charge in [0.1, 0.15) is 21.9 Å². The molecule has 4 rings (SSSR count). The van der Waals surface area contributed by atoms with Gasteiger partial charge in [-0.15, -0.1) is 10.2 Å². The van der Waals surface area contributed by atoms with E-state index in [1.165, 1.54) is 11.3 Å². The lowest BCUT2D eigenvalue weighted by Crippen LogP contribution is -2.31. The molecule has 0 aliphatic rings. The minimum Gasteiger partial charge on any atom is -0.491 e. The Morgan fingerprint density at radius 1 is 1.21 bits per heavy atom. The number of benzene rings is 1. The summed E-state index contributed by atoms with van der Waals surface area (Å²) in [5.41, 5.74) is 5.07. The van der Waals surface area contributed by atoms with Crippen molar-refractivity contribution in [2.24, 2.45) is 0 Å². The monoisotopic (exact) mass is 490 g/mol. The van der Waals surface area contributed by atoms with E-state index in [9.17, 15) is 18.0 Å². The standard InChI is InChI=1S/C22H21F3N6O2S/c1-13(2)33-17-8-15(7-16(10-17)29-21(32)26-5-4-22(23,24)25)18-11-27-19-9-14(3-6-31(18)19)20-30-28-12-34-20/h3,6-13H,4-5H2,1-2H3,(H2,26,29,32). The van der Waals surface area contributed by atoms with Crippen molar-refractivity contribution in [3.05, 3.63) is 48.2 Å². The normalized spacial score (nSPS) is 11.7. The summed E-state index contributed by atoms with van der Waals surface area (Å²) in [7, 11) is 0. The molecule has 0 fully saturated rings. The van der Waals surface area contributed by atoms with Gasteiger partial charge in [0, 0.05) is 35.6 Å². The van der Waals surface area contributed by atoms with Gasteiger partial charge in [-0.05, 0) is 38.1 Å². The van der Waals surface area contributed by atoms with Crippen LogP contribution >= 0.6 is 11.3 Å². The van der Waals surface area contributed by atoms with Crippen molar-refractivity contribution in [3.63, 3.8) is 0 Å². The van der Waals surface area contributed by atoms with Crippen LogP contribution in [0.25, 0.3) is 27.5 Å². The molecule has 8 nitrogen and oxygen atoms in total. The second kappa shape index (κ2) is 9.67. The Hall–Kier alpha value is -3.67. The summed E-state index contributed by atoms with van der Waals surface area (Å²) in [5, 5.41) is 13.5. The van der Waals surface area contributed by atoms with Gasteiger partial charge in [0.15, 0.2) is 0 Å². The molecule has 34 heavy (non-hydrogen) atoms. The van der Waals surface area contributed by atoms with Crippen molar-refractivity contribution in [1.82, 2.24) is 24.9 Å². The van der Waals surface area contributed by atoms with Gasteiger partial charge < -0.3 is 15.4 Å². The van der Waals surface area contributed by atoms with Crippen molar-refractivity contribution >= 4 is 28.7 Å². The van der Waals surface area contributed by atoms with Gasteiger partial charge >= 0.3 is 12.2 Å². The highest BCUT2D eigenvalue weighted by Crippen LogP contribution is 2.31. The molecule has 4 aromatic rings. The zero-order valence-corrected chi connectivity index (χ0v) is 19.1. The minimum atomic E-state index is -4.34. The van der Waals surface area contributed by atoms with E-state index in [1.807, 2.05) is 42.6 Å². The van der Waals surface area contributed by atoms with Crippen molar-refractivity contribution in [2.75, 3.05) is 11.9 Å². The number of anilines is 1. The summed E-state index contributed by atoms with van der Waals surface area (Å²) in [6, 6.07) is 8.19. The molecule has 3 aromatic heterocycles. The van der Waals surface area contributed by atoms with Crippen LogP contribution in [-0.2, 0) is 0 Å². The number of ether oxygens (including phenoxy) is 1. The summed E-state index contributed by atoms with van der Waals surface area (Å²) >= 11 is 1.43. The Morgan fingerprint density at radius 2 is 2.03 bits per heavy atom. The third-order valence-electron chi connectivity index (χ3n) is 4.65. The molecule has 0 saturated carbocycles. The van der Waals surface area contributed by atoms with Crippen molar-refractivity contribution in [2.45, 2.75) is 32.5 Å². The molecule has 0 aliphatic carbocycles. The number of hydrogen-bond donors (Lipinski definition) is 2. The van der Waals surface area contributed by atoms with Crippen LogP contribution in [0, 0.1) is 0 Å². The molecule has 0 atom stereocenters. The van der Waals surface area contributed by atoms with E-state index in [0.29, 0.717) is 22.6 Å². The predicted molar refractivity (Wildman–Crippen MR) is 123 cm³/mol.